The Morgan fingerprint density at radius 3 is 2.81 bits per heavy atom. The second-order valence-corrected chi connectivity index (χ2v) is 5.86. The quantitative estimate of drug-likeness (QED) is 0.499. The molecule has 0 N–H and O–H groups in total. The summed E-state index contributed by atoms with van der Waals surface area (Å²) in [5, 5.41) is 11.4. The average molecular weight is 354 g/mol. The van der Waals surface area contributed by atoms with Crippen molar-refractivity contribution in [2.75, 3.05) is 25.1 Å². The van der Waals surface area contributed by atoms with Gasteiger partial charge in [0.2, 0.25) is 5.82 Å². The van der Waals surface area contributed by atoms with Crippen molar-refractivity contribution in [2.45, 2.75) is 6.92 Å². The Balaban J connectivity index is 1.85. The predicted molar refractivity (Wildman–Crippen MR) is 98.1 cm³/mol. The Labute approximate surface area is 149 Å². The number of hydrogen-bond acceptors (Lipinski definition) is 6. The first-order chi connectivity index (χ1) is 12.5. The van der Waals surface area contributed by atoms with Crippen molar-refractivity contribution < 1.29 is 9.66 Å². The summed E-state index contributed by atoms with van der Waals surface area (Å²) in [7, 11) is 1.65. The summed E-state index contributed by atoms with van der Waals surface area (Å²) in [6.07, 6.45) is 1.46. The van der Waals surface area contributed by atoms with Crippen LogP contribution in [0.25, 0.3) is 5.65 Å². The fourth-order valence-electron chi connectivity index (χ4n) is 2.61. The Kier molecular flexibility index (Phi) is 4.83. The lowest BCUT2D eigenvalue weighted by Gasteiger charge is -2.18. The zero-order valence-corrected chi connectivity index (χ0v) is 14.5. The Morgan fingerprint density at radius 2 is 2.08 bits per heavy atom. The van der Waals surface area contributed by atoms with E-state index in [2.05, 4.69) is 4.98 Å². The van der Waals surface area contributed by atoms with Gasteiger partial charge in [0, 0.05) is 13.2 Å². The lowest BCUT2D eigenvalue weighted by atomic mass is 10.2. The molecular weight excluding hydrogens is 336 g/mol. The van der Waals surface area contributed by atoms with Crippen molar-refractivity contribution in [3.63, 3.8) is 0 Å². The van der Waals surface area contributed by atoms with Gasteiger partial charge in [0.15, 0.2) is 0 Å². The van der Waals surface area contributed by atoms with Crippen molar-refractivity contribution in [3.8, 4) is 5.75 Å². The van der Waals surface area contributed by atoms with E-state index in [4.69, 9.17) is 4.74 Å². The number of hydrogen-bond donors (Lipinski definition) is 0. The van der Waals surface area contributed by atoms with Gasteiger partial charge in [0.1, 0.15) is 18.0 Å². The van der Waals surface area contributed by atoms with Gasteiger partial charge in [-0.2, -0.15) is 0 Å². The van der Waals surface area contributed by atoms with Gasteiger partial charge in [0.05, 0.1) is 11.5 Å². The van der Waals surface area contributed by atoms with Gasteiger partial charge in [-0.1, -0.05) is 18.2 Å². The summed E-state index contributed by atoms with van der Waals surface area (Å²) in [5.74, 6) is 0.749. The van der Waals surface area contributed by atoms with E-state index in [0.717, 1.165) is 11.3 Å². The highest BCUT2D eigenvalue weighted by atomic mass is 16.6. The molecule has 8 heteroatoms. The summed E-state index contributed by atoms with van der Waals surface area (Å²) in [6.45, 7) is 2.60. The molecule has 0 radical (unpaired) electrons. The van der Waals surface area contributed by atoms with E-state index < -0.39 is 16.2 Å². The van der Waals surface area contributed by atoms with Crippen molar-refractivity contribution in [1.82, 2.24) is 9.38 Å². The summed E-state index contributed by atoms with van der Waals surface area (Å²) < 4.78 is 6.84. The fourth-order valence-corrected chi connectivity index (χ4v) is 2.61. The second kappa shape index (κ2) is 7.22. The summed E-state index contributed by atoms with van der Waals surface area (Å²) in [6, 6.07) is 12.6. The molecule has 0 amide bonds. The van der Waals surface area contributed by atoms with E-state index >= 15 is 0 Å². The minimum Gasteiger partial charge on any atom is -0.492 e. The normalized spacial score (nSPS) is 10.7. The zero-order chi connectivity index (χ0) is 18.7. The van der Waals surface area contributed by atoms with Crippen LogP contribution in [0.3, 0.4) is 0 Å². The van der Waals surface area contributed by atoms with Gasteiger partial charge in [0.25, 0.3) is 0 Å². The van der Waals surface area contributed by atoms with E-state index in [1.54, 1.807) is 30.1 Å². The lowest BCUT2D eigenvalue weighted by molar-refractivity contribution is -0.385. The van der Waals surface area contributed by atoms with E-state index in [0.29, 0.717) is 18.8 Å². The molecule has 2 aromatic heterocycles. The average Bonchev–Trinajstić information content (AvgIpc) is 2.61. The molecule has 0 saturated carbocycles. The molecule has 0 fully saturated rings. The fraction of sp³-hybridized carbons (Fsp3) is 0.222. The van der Waals surface area contributed by atoms with Crippen LogP contribution in [0.1, 0.15) is 5.56 Å². The zero-order valence-electron chi connectivity index (χ0n) is 14.5. The Hall–Kier alpha value is -3.42. The predicted octanol–water partition coefficient (Wildman–Crippen LogP) is 2.43. The molecule has 0 aliphatic carbocycles. The van der Waals surface area contributed by atoms with Gasteiger partial charge in [-0.25, -0.2) is 4.98 Å². The SMILES string of the molecule is Cc1cccc(OCCN(C)c2nc3ccccn3c(=O)c2[N+](=O)[O-])c1. The molecule has 0 unspecified atom stereocenters. The number of nitrogens with zero attached hydrogens (tertiary/aromatic N) is 4. The molecule has 3 rings (SSSR count). The van der Waals surface area contributed by atoms with Crippen LogP contribution in [0.2, 0.25) is 0 Å². The summed E-state index contributed by atoms with van der Waals surface area (Å²) in [5.41, 5.74) is 0.175. The van der Waals surface area contributed by atoms with E-state index in [-0.39, 0.29) is 5.82 Å². The number of nitro groups is 1. The maximum absolute atomic E-state index is 12.5. The standard InChI is InChI=1S/C18H18N4O4/c1-13-6-5-7-14(12-13)26-11-10-20(2)17-16(22(24)25)18(23)21-9-4-3-8-15(21)19-17/h3-9,12H,10-11H2,1-2H3. The van der Waals surface area contributed by atoms with Crippen molar-refractivity contribution in [3.05, 3.63) is 74.7 Å². The smallest absolute Gasteiger partial charge is 0.376 e. The number of rotatable bonds is 6. The largest absolute Gasteiger partial charge is 0.492 e. The number of aryl methyl sites for hydroxylation is 1. The molecule has 134 valence electrons. The molecule has 26 heavy (non-hydrogen) atoms. The van der Waals surface area contributed by atoms with Gasteiger partial charge < -0.3 is 9.64 Å². The molecule has 3 aromatic rings. The van der Waals surface area contributed by atoms with Crippen LogP contribution in [-0.4, -0.2) is 34.5 Å². The van der Waals surface area contributed by atoms with E-state index in [1.807, 2.05) is 31.2 Å². The third-order valence-corrected chi connectivity index (χ3v) is 3.92. The van der Waals surface area contributed by atoms with Gasteiger partial charge >= 0.3 is 11.2 Å². The van der Waals surface area contributed by atoms with Crippen molar-refractivity contribution in [1.29, 1.82) is 0 Å². The van der Waals surface area contributed by atoms with Gasteiger partial charge in [-0.15, -0.1) is 0 Å². The van der Waals surface area contributed by atoms with Crippen molar-refractivity contribution in [2.24, 2.45) is 0 Å². The first kappa shape index (κ1) is 17.4. The molecule has 0 bridgehead atoms. The molecule has 0 saturated heterocycles. The molecule has 8 nitrogen and oxygen atoms in total. The molecular formula is C18H18N4O4. The minimum atomic E-state index is -0.706. The van der Waals surface area contributed by atoms with Crippen LogP contribution >= 0.6 is 0 Å². The van der Waals surface area contributed by atoms with Crippen LogP contribution < -0.4 is 15.2 Å². The third kappa shape index (κ3) is 3.49. The summed E-state index contributed by atoms with van der Waals surface area (Å²) in [4.78, 5) is 29.0. The molecule has 0 aliphatic heterocycles. The van der Waals surface area contributed by atoms with Crippen LogP contribution in [0, 0.1) is 17.0 Å². The number of likely N-dealkylation sites (N-methyl/N-ethyl adjacent to an activating group) is 1. The number of pyridine rings is 1. The Bertz CT molecular complexity index is 1020. The van der Waals surface area contributed by atoms with Crippen LogP contribution in [-0.2, 0) is 0 Å². The summed E-state index contributed by atoms with van der Waals surface area (Å²) >= 11 is 0. The highest BCUT2D eigenvalue weighted by Gasteiger charge is 2.26. The number of fused-ring (bicyclic) bond motifs is 1. The third-order valence-electron chi connectivity index (χ3n) is 3.92. The highest BCUT2D eigenvalue weighted by Crippen LogP contribution is 2.21. The minimum absolute atomic E-state index is 0.0269. The monoisotopic (exact) mass is 354 g/mol. The van der Waals surface area contributed by atoms with Gasteiger partial charge in [-0.3, -0.25) is 19.3 Å². The van der Waals surface area contributed by atoms with Crippen LogP contribution in [0.4, 0.5) is 11.5 Å². The number of aromatic nitrogens is 2. The number of benzene rings is 1. The number of ether oxygens (including phenoxy) is 1. The van der Waals surface area contributed by atoms with Crippen molar-refractivity contribution >= 4 is 17.2 Å². The molecule has 2 heterocycles. The molecule has 1 aromatic carbocycles. The topological polar surface area (TPSA) is 90.0 Å². The van der Waals surface area contributed by atoms with E-state index in [1.165, 1.54) is 10.6 Å². The molecule has 0 atom stereocenters. The molecule has 0 spiro atoms. The lowest BCUT2D eigenvalue weighted by Crippen LogP contribution is -2.29. The maximum atomic E-state index is 12.5. The first-order valence-corrected chi connectivity index (χ1v) is 8.04. The first-order valence-electron chi connectivity index (χ1n) is 8.04. The van der Waals surface area contributed by atoms with E-state index in [9.17, 15) is 14.9 Å². The van der Waals surface area contributed by atoms with Gasteiger partial charge in [-0.05, 0) is 36.8 Å². The number of anilines is 1. The highest BCUT2D eigenvalue weighted by molar-refractivity contribution is 5.61. The second-order valence-electron chi connectivity index (χ2n) is 5.86. The van der Waals surface area contributed by atoms with Crippen LogP contribution in [0.15, 0.2) is 53.5 Å². The Morgan fingerprint density at radius 1 is 1.27 bits per heavy atom. The maximum Gasteiger partial charge on any atom is 0.376 e. The molecule has 0 aliphatic rings. The van der Waals surface area contributed by atoms with Crippen LogP contribution in [0.5, 0.6) is 5.75 Å².